The second-order valence-corrected chi connectivity index (χ2v) is 9.41. The average Bonchev–Trinajstić information content (AvgIpc) is 3.49. The molecule has 0 aliphatic heterocycles. The van der Waals surface area contributed by atoms with Crippen LogP contribution in [0.1, 0.15) is 70.9 Å². The van der Waals surface area contributed by atoms with Crippen molar-refractivity contribution in [2.45, 2.75) is 56.6 Å². The predicted octanol–water partition coefficient (Wildman–Crippen LogP) is 3.91. The van der Waals surface area contributed by atoms with Gasteiger partial charge in [-0.25, -0.2) is 15.0 Å². The molecular formula is C26H25FN6O2. The molecule has 6 rings (SSSR count). The molecule has 4 aromatic heterocycles. The van der Waals surface area contributed by atoms with E-state index in [-0.39, 0.29) is 17.2 Å². The summed E-state index contributed by atoms with van der Waals surface area (Å²) in [6.07, 6.45) is 9.49. The van der Waals surface area contributed by atoms with Crippen LogP contribution in [0, 0.1) is 5.95 Å². The molecule has 2 aliphatic carbocycles. The van der Waals surface area contributed by atoms with E-state index < -0.39 is 17.8 Å². The van der Waals surface area contributed by atoms with Crippen LogP contribution in [0.3, 0.4) is 0 Å². The number of carbonyl (C=O) groups excluding carboxylic acids is 1. The molecule has 2 aliphatic rings. The molecule has 4 aromatic rings. The minimum Gasteiger partial charge on any atom is -0.391 e. The van der Waals surface area contributed by atoms with Gasteiger partial charge in [0.2, 0.25) is 5.95 Å². The summed E-state index contributed by atoms with van der Waals surface area (Å²) in [6, 6.07) is 7.02. The number of aromatic amines is 1. The molecule has 0 radical (unpaired) electrons. The van der Waals surface area contributed by atoms with Gasteiger partial charge in [0, 0.05) is 36.1 Å². The third-order valence-electron chi connectivity index (χ3n) is 6.90. The zero-order valence-electron chi connectivity index (χ0n) is 19.0. The molecule has 9 heteroatoms. The van der Waals surface area contributed by atoms with Crippen molar-refractivity contribution in [1.82, 2.24) is 24.9 Å². The largest absolute Gasteiger partial charge is 0.391 e. The molecule has 3 N–H and O–H groups in total. The number of nitrogens with one attached hydrogen (secondary N) is 2. The topological polar surface area (TPSA) is 117 Å². The van der Waals surface area contributed by atoms with Crippen LogP contribution in [0.4, 0.5) is 10.2 Å². The molecule has 2 saturated carbocycles. The number of ketones is 1. The van der Waals surface area contributed by atoms with Crippen LogP contribution in [0.5, 0.6) is 0 Å². The number of H-pyrrole nitrogens is 1. The van der Waals surface area contributed by atoms with Gasteiger partial charge in [0.15, 0.2) is 5.78 Å². The third kappa shape index (κ3) is 4.27. The lowest BCUT2D eigenvalue weighted by Crippen LogP contribution is -2.28. The fraction of sp³-hybridized carbons (Fsp3) is 0.346. The van der Waals surface area contributed by atoms with E-state index in [1.165, 1.54) is 31.4 Å². The van der Waals surface area contributed by atoms with Crippen LogP contribution >= 0.6 is 0 Å². The van der Waals surface area contributed by atoms with Gasteiger partial charge in [-0.1, -0.05) is 6.07 Å². The quantitative estimate of drug-likeness (QED) is 0.276. The van der Waals surface area contributed by atoms with Crippen molar-refractivity contribution in [3.8, 4) is 0 Å². The van der Waals surface area contributed by atoms with E-state index in [1.807, 2.05) is 18.3 Å². The first-order valence-electron chi connectivity index (χ1n) is 12.0. The number of aromatic nitrogens is 5. The Hall–Kier alpha value is -3.72. The summed E-state index contributed by atoms with van der Waals surface area (Å²) >= 11 is 0. The second-order valence-electron chi connectivity index (χ2n) is 9.41. The summed E-state index contributed by atoms with van der Waals surface area (Å²) < 4.78 is 15.0. The van der Waals surface area contributed by atoms with Crippen LogP contribution in [0.2, 0.25) is 0 Å². The Morgan fingerprint density at radius 2 is 1.97 bits per heavy atom. The van der Waals surface area contributed by atoms with Crippen molar-refractivity contribution in [2.75, 3.05) is 5.32 Å². The molecule has 0 bridgehead atoms. The van der Waals surface area contributed by atoms with Gasteiger partial charge in [-0.3, -0.25) is 9.78 Å². The summed E-state index contributed by atoms with van der Waals surface area (Å²) in [4.78, 5) is 33.4. The standard InChI is InChI=1S/C26H25FN6O2/c27-24-17(8-7-16(32-24)10-14-4-9-19(28-11-14)15-5-6-15)23(35)18-12-29-25-22(18)26(31-13-30-25)33-20-2-1-3-21(20)34/h4,7-9,11-13,15,20-21,34H,1-3,5-6,10H2,(H2,29,30,31,33)/t20-,21-/m1/s1. The number of nitrogens with zero attached hydrogens (tertiary/aromatic N) is 4. The highest BCUT2D eigenvalue weighted by atomic mass is 19.1. The van der Waals surface area contributed by atoms with Gasteiger partial charge < -0.3 is 15.4 Å². The normalized spacial score (nSPS) is 19.8. The number of halogens is 1. The first kappa shape index (κ1) is 21.8. The molecule has 2 atom stereocenters. The van der Waals surface area contributed by atoms with Crippen molar-refractivity contribution >= 4 is 22.6 Å². The molecular weight excluding hydrogens is 447 g/mol. The maximum atomic E-state index is 15.0. The van der Waals surface area contributed by atoms with Crippen LogP contribution in [0.25, 0.3) is 11.0 Å². The molecule has 0 saturated heterocycles. The highest BCUT2D eigenvalue weighted by Crippen LogP contribution is 2.38. The lowest BCUT2D eigenvalue weighted by atomic mass is 10.0. The summed E-state index contributed by atoms with van der Waals surface area (Å²) in [5, 5.41) is 13.9. The van der Waals surface area contributed by atoms with E-state index >= 15 is 4.39 Å². The minimum atomic E-state index is -0.818. The summed E-state index contributed by atoms with van der Waals surface area (Å²) in [5.74, 6) is -0.300. The van der Waals surface area contributed by atoms with Gasteiger partial charge >= 0.3 is 0 Å². The van der Waals surface area contributed by atoms with Crippen LogP contribution in [0.15, 0.2) is 43.0 Å². The third-order valence-corrected chi connectivity index (χ3v) is 6.90. The minimum absolute atomic E-state index is 0.118. The van der Waals surface area contributed by atoms with Gasteiger partial charge in [-0.15, -0.1) is 0 Å². The Kier molecular flexibility index (Phi) is 5.49. The highest BCUT2D eigenvalue weighted by molar-refractivity contribution is 6.18. The Labute approximate surface area is 201 Å². The summed E-state index contributed by atoms with van der Waals surface area (Å²) in [6.45, 7) is 0. The Balaban J connectivity index is 1.25. The van der Waals surface area contributed by atoms with Crippen molar-refractivity contribution in [1.29, 1.82) is 0 Å². The van der Waals surface area contributed by atoms with Crippen molar-refractivity contribution in [2.24, 2.45) is 0 Å². The van der Waals surface area contributed by atoms with Crippen LogP contribution in [-0.4, -0.2) is 48.0 Å². The maximum absolute atomic E-state index is 15.0. The Morgan fingerprint density at radius 3 is 2.69 bits per heavy atom. The number of anilines is 1. The molecule has 0 unspecified atom stereocenters. The molecule has 8 nitrogen and oxygen atoms in total. The van der Waals surface area contributed by atoms with Gasteiger partial charge in [-0.2, -0.15) is 4.39 Å². The van der Waals surface area contributed by atoms with Crippen LogP contribution in [-0.2, 0) is 6.42 Å². The van der Waals surface area contributed by atoms with Crippen molar-refractivity contribution in [3.05, 3.63) is 77.0 Å². The van der Waals surface area contributed by atoms with Crippen LogP contribution < -0.4 is 5.32 Å². The smallest absolute Gasteiger partial charge is 0.224 e. The number of fused-ring (bicyclic) bond motifs is 1. The molecule has 0 spiro atoms. The SMILES string of the molecule is O=C(c1ccc(Cc2ccc(C3CC3)nc2)nc1F)c1c[nH]c2ncnc(N[C@@H]3CCC[C@H]3O)c12. The van der Waals surface area contributed by atoms with E-state index in [0.717, 1.165) is 30.5 Å². The lowest BCUT2D eigenvalue weighted by molar-refractivity contribution is 0.103. The van der Waals surface area contributed by atoms with Gasteiger partial charge in [0.1, 0.15) is 17.8 Å². The van der Waals surface area contributed by atoms with E-state index in [2.05, 4.69) is 30.2 Å². The zero-order chi connectivity index (χ0) is 23.9. The summed E-state index contributed by atoms with van der Waals surface area (Å²) in [7, 11) is 0. The van der Waals surface area contributed by atoms with Gasteiger partial charge in [0.25, 0.3) is 0 Å². The number of pyridine rings is 2. The molecule has 0 aromatic carbocycles. The first-order chi connectivity index (χ1) is 17.1. The lowest BCUT2D eigenvalue weighted by Gasteiger charge is -2.17. The highest BCUT2D eigenvalue weighted by Gasteiger charge is 2.28. The van der Waals surface area contributed by atoms with E-state index in [0.29, 0.717) is 34.9 Å². The number of aliphatic hydroxyl groups is 1. The van der Waals surface area contributed by atoms with E-state index in [4.69, 9.17) is 0 Å². The average molecular weight is 473 g/mol. The fourth-order valence-electron chi connectivity index (χ4n) is 4.79. The number of hydrogen-bond donors (Lipinski definition) is 3. The second kappa shape index (κ2) is 8.81. The molecule has 35 heavy (non-hydrogen) atoms. The van der Waals surface area contributed by atoms with Crippen molar-refractivity contribution < 1.29 is 14.3 Å². The molecule has 0 amide bonds. The molecule has 2 fully saturated rings. The summed E-state index contributed by atoms with van der Waals surface area (Å²) in [5.41, 5.74) is 3.17. The number of aliphatic hydroxyl groups excluding tert-OH is 1. The van der Waals surface area contributed by atoms with Gasteiger partial charge in [0.05, 0.1) is 28.7 Å². The fourth-order valence-corrected chi connectivity index (χ4v) is 4.79. The Morgan fingerprint density at radius 1 is 1.09 bits per heavy atom. The monoisotopic (exact) mass is 472 g/mol. The number of hydrogen-bond acceptors (Lipinski definition) is 7. The predicted molar refractivity (Wildman–Crippen MR) is 128 cm³/mol. The zero-order valence-corrected chi connectivity index (χ0v) is 19.0. The molecule has 4 heterocycles. The van der Waals surface area contributed by atoms with Crippen molar-refractivity contribution in [3.63, 3.8) is 0 Å². The Bertz CT molecular complexity index is 1400. The van der Waals surface area contributed by atoms with E-state index in [9.17, 15) is 9.90 Å². The first-order valence-corrected chi connectivity index (χ1v) is 12.0. The molecule has 178 valence electrons. The van der Waals surface area contributed by atoms with Gasteiger partial charge in [-0.05, 0) is 55.9 Å². The number of carbonyl (C=O) groups is 1. The number of rotatable bonds is 7. The maximum Gasteiger partial charge on any atom is 0.224 e. The van der Waals surface area contributed by atoms with E-state index in [1.54, 1.807) is 6.07 Å².